The number of amides is 1. The molecule has 1 saturated carbocycles. The second-order valence-electron chi connectivity index (χ2n) is 4.40. The zero-order valence-corrected chi connectivity index (χ0v) is 9.22. The van der Waals surface area contributed by atoms with E-state index in [1.807, 2.05) is 0 Å². The third-order valence-corrected chi connectivity index (χ3v) is 2.91. The Bertz CT molecular complexity index is 248. The summed E-state index contributed by atoms with van der Waals surface area (Å²) in [6.45, 7) is -1.44. The predicted octanol–water partition coefficient (Wildman–Crippen LogP) is 0.214. The molecule has 6 heteroatoms. The second-order valence-corrected chi connectivity index (χ2v) is 4.40. The molecule has 0 aromatic heterocycles. The molecule has 94 valence electrons. The lowest BCUT2D eigenvalue weighted by Crippen LogP contribution is -2.45. The Morgan fingerprint density at radius 2 is 2.12 bits per heavy atom. The minimum absolute atomic E-state index is 0.0134. The average Bonchev–Trinajstić information content (AvgIpc) is 2.26. The summed E-state index contributed by atoms with van der Waals surface area (Å²) in [5, 5.41) is 2.24. The lowest BCUT2D eigenvalue weighted by Gasteiger charge is -2.26. The largest absolute Gasteiger partial charge is 0.350 e. The van der Waals surface area contributed by atoms with Crippen LogP contribution in [-0.2, 0) is 4.79 Å². The molecule has 16 heavy (non-hydrogen) atoms. The Morgan fingerprint density at radius 1 is 1.44 bits per heavy atom. The van der Waals surface area contributed by atoms with E-state index in [0.717, 1.165) is 19.3 Å². The molecule has 1 aliphatic carbocycles. The van der Waals surface area contributed by atoms with Crippen molar-refractivity contribution in [3.63, 3.8) is 0 Å². The average molecular weight is 235 g/mol. The first-order valence-electron chi connectivity index (χ1n) is 5.56. The summed E-state index contributed by atoms with van der Waals surface area (Å²) < 4.78 is 25.6. The molecule has 0 heterocycles. The number of nitrogens with two attached hydrogens (primary N) is 2. The summed E-state index contributed by atoms with van der Waals surface area (Å²) in [5.74, 6) is -3.58. The molecular weight excluding hydrogens is 216 g/mol. The lowest BCUT2D eigenvalue weighted by molar-refractivity contribution is -0.127. The molecule has 0 aliphatic heterocycles. The van der Waals surface area contributed by atoms with Crippen molar-refractivity contribution in [2.24, 2.45) is 17.4 Å². The molecule has 0 aromatic rings. The molecule has 0 saturated heterocycles. The normalized spacial score (nSPS) is 26.5. The van der Waals surface area contributed by atoms with E-state index in [-0.39, 0.29) is 17.9 Å². The fraction of sp³-hybridized carbons (Fsp3) is 0.900. The van der Waals surface area contributed by atoms with E-state index in [2.05, 4.69) is 5.32 Å². The van der Waals surface area contributed by atoms with E-state index in [0.29, 0.717) is 6.42 Å². The molecule has 2 unspecified atom stereocenters. The summed E-state index contributed by atoms with van der Waals surface area (Å²) in [7, 11) is 0. The molecule has 5 N–H and O–H groups in total. The van der Waals surface area contributed by atoms with Gasteiger partial charge in [0.05, 0.1) is 13.1 Å². The fourth-order valence-electron chi connectivity index (χ4n) is 1.90. The van der Waals surface area contributed by atoms with Crippen LogP contribution in [0.15, 0.2) is 0 Å². The summed E-state index contributed by atoms with van der Waals surface area (Å²) in [6.07, 6.45) is 3.10. The van der Waals surface area contributed by atoms with Gasteiger partial charge in [-0.2, -0.15) is 0 Å². The van der Waals surface area contributed by atoms with Gasteiger partial charge in [-0.3, -0.25) is 4.79 Å². The Labute approximate surface area is 93.7 Å². The summed E-state index contributed by atoms with van der Waals surface area (Å²) >= 11 is 0. The van der Waals surface area contributed by atoms with E-state index < -0.39 is 19.0 Å². The second kappa shape index (κ2) is 5.54. The Balaban J connectivity index is 2.34. The van der Waals surface area contributed by atoms with Crippen LogP contribution in [-0.4, -0.2) is 31.0 Å². The first-order valence-corrected chi connectivity index (χ1v) is 5.56. The van der Waals surface area contributed by atoms with E-state index in [1.54, 1.807) is 0 Å². The van der Waals surface area contributed by atoms with Crippen molar-refractivity contribution >= 4 is 5.91 Å². The number of rotatable bonds is 4. The van der Waals surface area contributed by atoms with Gasteiger partial charge in [0.25, 0.3) is 5.92 Å². The Kier molecular flexibility index (Phi) is 4.61. The molecule has 2 atom stereocenters. The number of alkyl halides is 2. The number of carbonyl (C=O) groups excluding carboxylic acids is 1. The van der Waals surface area contributed by atoms with Gasteiger partial charge >= 0.3 is 0 Å². The van der Waals surface area contributed by atoms with Gasteiger partial charge in [-0.1, -0.05) is 6.42 Å². The third-order valence-electron chi connectivity index (χ3n) is 2.91. The van der Waals surface area contributed by atoms with Crippen LogP contribution in [0.3, 0.4) is 0 Å². The molecule has 1 rings (SSSR count). The third kappa shape index (κ3) is 4.02. The van der Waals surface area contributed by atoms with Crippen molar-refractivity contribution in [3.8, 4) is 0 Å². The number of hydrogen-bond donors (Lipinski definition) is 3. The zero-order chi connectivity index (χ0) is 12.2. The van der Waals surface area contributed by atoms with Crippen LogP contribution in [0, 0.1) is 5.92 Å². The van der Waals surface area contributed by atoms with Gasteiger partial charge in [0, 0.05) is 12.0 Å². The summed E-state index contributed by atoms with van der Waals surface area (Å²) in [4.78, 5) is 11.6. The predicted molar refractivity (Wildman–Crippen MR) is 56.9 cm³/mol. The monoisotopic (exact) mass is 235 g/mol. The molecular formula is C10H19F2N3O. The van der Waals surface area contributed by atoms with Crippen molar-refractivity contribution in [3.05, 3.63) is 0 Å². The molecule has 0 spiro atoms. The van der Waals surface area contributed by atoms with Gasteiger partial charge < -0.3 is 16.8 Å². The SMILES string of the molecule is NCC(F)(F)CNC(=O)C1CCCC(N)C1. The van der Waals surface area contributed by atoms with E-state index in [4.69, 9.17) is 11.5 Å². The quantitative estimate of drug-likeness (QED) is 0.651. The van der Waals surface area contributed by atoms with Gasteiger partial charge in [0.15, 0.2) is 0 Å². The molecule has 0 radical (unpaired) electrons. The van der Waals surface area contributed by atoms with Crippen LogP contribution in [0.25, 0.3) is 0 Å². The van der Waals surface area contributed by atoms with Crippen molar-refractivity contribution in [1.82, 2.24) is 5.32 Å². The standard InChI is InChI=1S/C10H19F2N3O/c11-10(12,5-13)6-15-9(16)7-2-1-3-8(14)4-7/h7-8H,1-6,13-14H2,(H,15,16). The smallest absolute Gasteiger partial charge is 0.277 e. The first-order chi connectivity index (χ1) is 7.44. The number of nitrogens with one attached hydrogen (secondary N) is 1. The minimum Gasteiger partial charge on any atom is -0.350 e. The Hall–Kier alpha value is -0.750. The van der Waals surface area contributed by atoms with Crippen molar-refractivity contribution in [2.45, 2.75) is 37.6 Å². The highest BCUT2D eigenvalue weighted by atomic mass is 19.3. The fourth-order valence-corrected chi connectivity index (χ4v) is 1.90. The van der Waals surface area contributed by atoms with Crippen molar-refractivity contribution in [2.75, 3.05) is 13.1 Å². The highest BCUT2D eigenvalue weighted by Gasteiger charge is 2.30. The summed E-state index contributed by atoms with van der Waals surface area (Å²) in [5.41, 5.74) is 10.6. The lowest BCUT2D eigenvalue weighted by atomic mass is 9.85. The number of carbonyl (C=O) groups is 1. The Morgan fingerprint density at radius 3 is 2.69 bits per heavy atom. The van der Waals surface area contributed by atoms with Crippen molar-refractivity contribution in [1.29, 1.82) is 0 Å². The van der Waals surface area contributed by atoms with Crippen molar-refractivity contribution < 1.29 is 13.6 Å². The molecule has 1 amide bonds. The van der Waals surface area contributed by atoms with Crippen LogP contribution < -0.4 is 16.8 Å². The topological polar surface area (TPSA) is 81.1 Å². The van der Waals surface area contributed by atoms with E-state index in [1.165, 1.54) is 0 Å². The van der Waals surface area contributed by atoms with Crippen LogP contribution in [0.4, 0.5) is 8.78 Å². The highest BCUT2D eigenvalue weighted by Crippen LogP contribution is 2.23. The van der Waals surface area contributed by atoms with Crippen LogP contribution >= 0.6 is 0 Å². The first kappa shape index (κ1) is 13.3. The van der Waals surface area contributed by atoms with Gasteiger partial charge in [-0.25, -0.2) is 8.78 Å². The molecule has 0 aromatic carbocycles. The van der Waals surface area contributed by atoms with Crippen LogP contribution in [0.1, 0.15) is 25.7 Å². The van der Waals surface area contributed by atoms with Gasteiger partial charge in [-0.05, 0) is 19.3 Å². The number of hydrogen-bond acceptors (Lipinski definition) is 3. The van der Waals surface area contributed by atoms with E-state index >= 15 is 0 Å². The molecule has 1 aliphatic rings. The molecule has 0 bridgehead atoms. The van der Waals surface area contributed by atoms with Crippen LogP contribution in [0.5, 0.6) is 0 Å². The summed E-state index contributed by atoms with van der Waals surface area (Å²) in [6, 6.07) is 0.0134. The minimum atomic E-state index is -3.02. The molecule has 1 fully saturated rings. The molecule has 4 nitrogen and oxygen atoms in total. The maximum Gasteiger partial charge on any atom is 0.277 e. The van der Waals surface area contributed by atoms with Crippen LogP contribution in [0.2, 0.25) is 0 Å². The van der Waals surface area contributed by atoms with Gasteiger partial charge in [0.1, 0.15) is 0 Å². The number of halogens is 2. The maximum absolute atomic E-state index is 12.8. The van der Waals surface area contributed by atoms with Gasteiger partial charge in [0.2, 0.25) is 5.91 Å². The van der Waals surface area contributed by atoms with E-state index in [9.17, 15) is 13.6 Å². The maximum atomic E-state index is 12.8. The van der Waals surface area contributed by atoms with Gasteiger partial charge in [-0.15, -0.1) is 0 Å². The zero-order valence-electron chi connectivity index (χ0n) is 9.22. The highest BCUT2D eigenvalue weighted by molar-refractivity contribution is 5.78.